The minimum Gasteiger partial charge on any atom is -0.397 e. The Morgan fingerprint density at radius 3 is 2.89 bits per heavy atom. The standard InChI is InChI=1S/C14H13ClN2OS/c15-10-5-4-9(7-11(10)16)17-14(18)13-6-8-2-1-3-12(8)19-13/h4-7H,1-3,16H2,(H,17,18). The van der Waals surface area contributed by atoms with Gasteiger partial charge in [-0.3, -0.25) is 4.79 Å². The number of anilines is 2. The number of rotatable bonds is 2. The molecule has 3 rings (SSSR count). The second-order valence-corrected chi connectivity index (χ2v) is 6.15. The summed E-state index contributed by atoms with van der Waals surface area (Å²) in [5.41, 5.74) is 8.17. The van der Waals surface area contributed by atoms with Crippen LogP contribution in [0.1, 0.15) is 26.5 Å². The molecule has 2 aromatic rings. The quantitative estimate of drug-likeness (QED) is 0.829. The van der Waals surface area contributed by atoms with Crippen molar-refractivity contribution >= 4 is 40.2 Å². The molecule has 19 heavy (non-hydrogen) atoms. The fraction of sp³-hybridized carbons (Fsp3) is 0.214. The summed E-state index contributed by atoms with van der Waals surface area (Å²) in [7, 11) is 0. The Balaban J connectivity index is 1.78. The van der Waals surface area contributed by atoms with E-state index in [1.54, 1.807) is 29.5 Å². The molecule has 1 aliphatic carbocycles. The Morgan fingerprint density at radius 1 is 1.32 bits per heavy atom. The first-order valence-corrected chi connectivity index (χ1v) is 7.31. The molecule has 1 amide bonds. The Morgan fingerprint density at radius 2 is 2.16 bits per heavy atom. The van der Waals surface area contributed by atoms with Gasteiger partial charge in [-0.2, -0.15) is 0 Å². The fourth-order valence-corrected chi connectivity index (χ4v) is 3.52. The van der Waals surface area contributed by atoms with Crippen LogP contribution in [0.5, 0.6) is 0 Å². The van der Waals surface area contributed by atoms with Crippen molar-refractivity contribution in [3.05, 3.63) is 44.6 Å². The highest BCUT2D eigenvalue weighted by Crippen LogP contribution is 2.31. The van der Waals surface area contributed by atoms with Crippen LogP contribution in [0.4, 0.5) is 11.4 Å². The maximum absolute atomic E-state index is 12.1. The Kier molecular flexibility index (Phi) is 3.21. The van der Waals surface area contributed by atoms with E-state index in [2.05, 4.69) is 5.32 Å². The zero-order valence-corrected chi connectivity index (χ0v) is 11.8. The number of fused-ring (bicyclic) bond motifs is 1. The molecule has 0 atom stereocenters. The number of nitrogens with one attached hydrogen (secondary N) is 1. The van der Waals surface area contributed by atoms with E-state index in [4.69, 9.17) is 17.3 Å². The van der Waals surface area contributed by atoms with Crippen molar-refractivity contribution in [2.75, 3.05) is 11.1 Å². The molecule has 0 bridgehead atoms. The van der Waals surface area contributed by atoms with Gasteiger partial charge in [0.1, 0.15) is 0 Å². The molecular formula is C14H13ClN2OS. The lowest BCUT2D eigenvalue weighted by Gasteiger charge is -2.05. The maximum Gasteiger partial charge on any atom is 0.265 e. The van der Waals surface area contributed by atoms with Crippen LogP contribution in [-0.4, -0.2) is 5.91 Å². The number of aryl methyl sites for hydroxylation is 2. The van der Waals surface area contributed by atoms with E-state index in [9.17, 15) is 4.79 Å². The number of nitrogen functional groups attached to an aromatic ring is 1. The summed E-state index contributed by atoms with van der Waals surface area (Å²) in [6, 6.07) is 7.10. The van der Waals surface area contributed by atoms with E-state index < -0.39 is 0 Å². The molecule has 0 saturated carbocycles. The zero-order chi connectivity index (χ0) is 13.4. The molecule has 98 valence electrons. The van der Waals surface area contributed by atoms with Gasteiger partial charge in [0.25, 0.3) is 5.91 Å². The van der Waals surface area contributed by atoms with E-state index >= 15 is 0 Å². The minimum atomic E-state index is -0.0823. The number of hydrogen-bond acceptors (Lipinski definition) is 3. The second-order valence-electron chi connectivity index (χ2n) is 4.60. The summed E-state index contributed by atoms with van der Waals surface area (Å²) in [4.78, 5) is 14.3. The number of halogens is 1. The van der Waals surface area contributed by atoms with Crippen LogP contribution >= 0.6 is 22.9 Å². The third-order valence-electron chi connectivity index (χ3n) is 3.22. The first-order chi connectivity index (χ1) is 9.13. The molecule has 1 heterocycles. The summed E-state index contributed by atoms with van der Waals surface area (Å²) < 4.78 is 0. The van der Waals surface area contributed by atoms with Crippen molar-refractivity contribution in [2.24, 2.45) is 0 Å². The zero-order valence-electron chi connectivity index (χ0n) is 10.2. The highest BCUT2D eigenvalue weighted by atomic mass is 35.5. The Labute approximate surface area is 120 Å². The number of hydrogen-bond donors (Lipinski definition) is 2. The minimum absolute atomic E-state index is 0.0823. The van der Waals surface area contributed by atoms with E-state index in [0.717, 1.165) is 17.7 Å². The molecule has 0 unspecified atom stereocenters. The van der Waals surface area contributed by atoms with E-state index in [-0.39, 0.29) is 5.91 Å². The molecule has 0 saturated heterocycles. The summed E-state index contributed by atoms with van der Waals surface area (Å²) in [6.07, 6.45) is 3.39. The number of carbonyl (C=O) groups is 1. The lowest BCUT2D eigenvalue weighted by molar-refractivity contribution is 0.103. The van der Waals surface area contributed by atoms with Crippen LogP contribution in [0, 0.1) is 0 Å². The van der Waals surface area contributed by atoms with Crippen LogP contribution in [-0.2, 0) is 12.8 Å². The first-order valence-electron chi connectivity index (χ1n) is 6.11. The van der Waals surface area contributed by atoms with E-state index in [0.29, 0.717) is 16.4 Å². The van der Waals surface area contributed by atoms with Gasteiger partial charge in [-0.15, -0.1) is 11.3 Å². The number of carbonyl (C=O) groups excluding carboxylic acids is 1. The van der Waals surface area contributed by atoms with Crippen molar-refractivity contribution in [3.63, 3.8) is 0 Å². The number of thiophene rings is 1. The van der Waals surface area contributed by atoms with Crippen molar-refractivity contribution < 1.29 is 4.79 Å². The van der Waals surface area contributed by atoms with Crippen molar-refractivity contribution in [3.8, 4) is 0 Å². The van der Waals surface area contributed by atoms with Crippen LogP contribution in [0.3, 0.4) is 0 Å². The van der Waals surface area contributed by atoms with Gasteiger partial charge in [-0.25, -0.2) is 0 Å². The van der Waals surface area contributed by atoms with Gasteiger partial charge in [-0.1, -0.05) is 11.6 Å². The highest BCUT2D eigenvalue weighted by molar-refractivity contribution is 7.14. The lowest BCUT2D eigenvalue weighted by Crippen LogP contribution is -2.10. The van der Waals surface area contributed by atoms with Crippen LogP contribution in [0.25, 0.3) is 0 Å². The van der Waals surface area contributed by atoms with Gasteiger partial charge in [0, 0.05) is 10.6 Å². The lowest BCUT2D eigenvalue weighted by atomic mass is 10.2. The summed E-state index contributed by atoms with van der Waals surface area (Å²) in [5, 5.41) is 3.34. The molecular weight excluding hydrogens is 280 g/mol. The molecule has 1 aliphatic rings. The molecule has 3 N–H and O–H groups in total. The monoisotopic (exact) mass is 292 g/mol. The predicted octanol–water partition coefficient (Wildman–Crippen LogP) is 3.72. The topological polar surface area (TPSA) is 55.1 Å². The van der Waals surface area contributed by atoms with Crippen LogP contribution in [0.15, 0.2) is 24.3 Å². The van der Waals surface area contributed by atoms with Gasteiger partial charge < -0.3 is 11.1 Å². The molecule has 0 fully saturated rings. The SMILES string of the molecule is Nc1cc(NC(=O)c2cc3c(s2)CCC3)ccc1Cl. The van der Waals surface area contributed by atoms with Crippen molar-refractivity contribution in [2.45, 2.75) is 19.3 Å². The van der Waals surface area contributed by atoms with Crippen molar-refractivity contribution in [1.29, 1.82) is 0 Å². The van der Waals surface area contributed by atoms with Crippen molar-refractivity contribution in [1.82, 2.24) is 0 Å². The maximum atomic E-state index is 12.1. The molecule has 0 radical (unpaired) electrons. The average Bonchev–Trinajstić information content (AvgIpc) is 2.94. The third-order valence-corrected chi connectivity index (χ3v) is 4.80. The van der Waals surface area contributed by atoms with Gasteiger partial charge >= 0.3 is 0 Å². The summed E-state index contributed by atoms with van der Waals surface area (Å²) in [5.74, 6) is -0.0823. The van der Waals surface area contributed by atoms with E-state index in [1.165, 1.54) is 16.9 Å². The van der Waals surface area contributed by atoms with Gasteiger partial charge in [0.05, 0.1) is 15.6 Å². The predicted molar refractivity (Wildman–Crippen MR) is 80.2 cm³/mol. The normalized spacial score (nSPS) is 13.3. The average molecular weight is 293 g/mol. The molecule has 0 spiro atoms. The molecule has 1 aromatic carbocycles. The fourth-order valence-electron chi connectivity index (χ4n) is 2.26. The molecule has 0 aliphatic heterocycles. The Hall–Kier alpha value is -1.52. The first kappa shape index (κ1) is 12.5. The Bertz CT molecular complexity index is 629. The molecule has 3 nitrogen and oxygen atoms in total. The van der Waals surface area contributed by atoms with E-state index in [1.807, 2.05) is 6.07 Å². The van der Waals surface area contributed by atoms with Gasteiger partial charge in [-0.05, 0) is 49.1 Å². The largest absolute Gasteiger partial charge is 0.397 e. The molecule has 1 aromatic heterocycles. The van der Waals surface area contributed by atoms with Crippen LogP contribution < -0.4 is 11.1 Å². The summed E-state index contributed by atoms with van der Waals surface area (Å²) in [6.45, 7) is 0. The van der Waals surface area contributed by atoms with Gasteiger partial charge in [0.15, 0.2) is 0 Å². The van der Waals surface area contributed by atoms with Crippen LogP contribution in [0.2, 0.25) is 5.02 Å². The third kappa shape index (κ3) is 2.46. The smallest absolute Gasteiger partial charge is 0.265 e. The van der Waals surface area contributed by atoms with Gasteiger partial charge in [0.2, 0.25) is 0 Å². The number of amides is 1. The molecule has 5 heteroatoms. The summed E-state index contributed by atoms with van der Waals surface area (Å²) >= 11 is 7.44. The highest BCUT2D eigenvalue weighted by Gasteiger charge is 2.18. The second kappa shape index (κ2) is 4.87. The number of benzene rings is 1. The number of nitrogens with two attached hydrogens (primary N) is 1.